The Bertz CT molecular complexity index is 2130. The smallest absolute Gasteiger partial charge is 0.207 e. The van der Waals surface area contributed by atoms with Crippen LogP contribution in [0, 0.1) is 27.7 Å². The molecule has 0 saturated heterocycles. The van der Waals surface area contributed by atoms with Crippen molar-refractivity contribution in [3.05, 3.63) is 141 Å². The summed E-state index contributed by atoms with van der Waals surface area (Å²) in [5.41, 5.74) is 10.2. The molecule has 2 aromatic heterocycles. The van der Waals surface area contributed by atoms with Crippen LogP contribution in [0.5, 0.6) is 0 Å². The van der Waals surface area contributed by atoms with Crippen LogP contribution in [0.2, 0.25) is 0 Å². The van der Waals surface area contributed by atoms with Gasteiger partial charge < -0.3 is 9.80 Å². The Balaban J connectivity index is 0.999. The standard InChI is InChI=1S/C42H40N4S2/c1-27-21-31(25-39-43(5)41-35-13-9-7-11-33(35)15-17-37(41)47-39)22-28(2)45(27)19-20-46-29(3)23-32(24-30(46)4)26-40-44(6)42-36-14-10-8-12-34(36)16-18-38(42)48-40/h7-18,21-26H,19-20H2,1-6H3/q+2. The number of nitrogens with zero attached hydrogens (tertiary/aromatic N) is 4. The number of benzene rings is 4. The Labute approximate surface area is 292 Å². The van der Waals surface area contributed by atoms with Gasteiger partial charge in [0.25, 0.3) is 0 Å². The summed E-state index contributed by atoms with van der Waals surface area (Å²) >= 11 is 3.72. The molecule has 238 valence electrons. The topological polar surface area (TPSA) is 14.2 Å². The van der Waals surface area contributed by atoms with Crippen LogP contribution in [-0.2, 0) is 13.1 Å². The first kappa shape index (κ1) is 30.8. The molecule has 4 heterocycles. The van der Waals surface area contributed by atoms with Crippen molar-refractivity contribution in [3.8, 4) is 0 Å². The van der Waals surface area contributed by atoms with Gasteiger partial charge in [-0.1, -0.05) is 84.2 Å². The van der Waals surface area contributed by atoms with E-state index in [0.29, 0.717) is 0 Å². The summed E-state index contributed by atoms with van der Waals surface area (Å²) in [6, 6.07) is 35.6. The van der Waals surface area contributed by atoms with Crippen LogP contribution in [0.1, 0.15) is 33.9 Å². The molecule has 8 rings (SSSR count). The van der Waals surface area contributed by atoms with E-state index < -0.39 is 0 Å². The molecule has 0 saturated carbocycles. The molecule has 0 spiro atoms. The number of aryl methyl sites for hydroxylation is 4. The number of hydrogen-bond acceptors (Lipinski definition) is 4. The molecule has 0 fully saturated rings. The van der Waals surface area contributed by atoms with Gasteiger partial charge in [-0.15, -0.1) is 0 Å². The fraction of sp³-hybridized carbons (Fsp3) is 0.190. The maximum absolute atomic E-state index is 2.45. The minimum atomic E-state index is 0.925. The number of hydrogen-bond donors (Lipinski definition) is 0. The zero-order valence-electron chi connectivity index (χ0n) is 28.4. The Morgan fingerprint density at radius 3 is 1.29 bits per heavy atom. The van der Waals surface area contributed by atoms with E-state index in [2.05, 4.69) is 170 Å². The summed E-state index contributed by atoms with van der Waals surface area (Å²) in [6.07, 6.45) is 4.67. The van der Waals surface area contributed by atoms with E-state index in [0.717, 1.165) is 13.1 Å². The molecular weight excluding hydrogens is 625 g/mol. The number of aromatic nitrogens is 2. The maximum Gasteiger partial charge on any atom is 0.207 e. The van der Waals surface area contributed by atoms with Crippen molar-refractivity contribution in [3.63, 3.8) is 0 Å². The van der Waals surface area contributed by atoms with Gasteiger partial charge in [0, 0.05) is 86.6 Å². The Morgan fingerprint density at radius 1 is 0.521 bits per heavy atom. The molecule has 6 aromatic rings. The van der Waals surface area contributed by atoms with Gasteiger partial charge in [0.15, 0.2) is 22.8 Å². The minimum absolute atomic E-state index is 0.925. The average Bonchev–Trinajstić information content (AvgIpc) is 3.56. The first-order chi connectivity index (χ1) is 23.2. The predicted molar refractivity (Wildman–Crippen MR) is 205 cm³/mol. The molecule has 2 aliphatic heterocycles. The second kappa shape index (κ2) is 12.2. The predicted octanol–water partition coefficient (Wildman–Crippen LogP) is 9.58. The number of anilines is 2. The average molecular weight is 665 g/mol. The molecule has 0 atom stereocenters. The molecule has 0 amide bonds. The van der Waals surface area contributed by atoms with Crippen LogP contribution in [0.4, 0.5) is 11.4 Å². The summed E-state index contributed by atoms with van der Waals surface area (Å²) in [5, 5.41) is 7.70. The highest BCUT2D eigenvalue weighted by atomic mass is 32.2. The fourth-order valence-electron chi connectivity index (χ4n) is 7.44. The van der Waals surface area contributed by atoms with Gasteiger partial charge in [0.05, 0.1) is 21.4 Å². The van der Waals surface area contributed by atoms with Gasteiger partial charge in [-0.05, 0) is 46.2 Å². The van der Waals surface area contributed by atoms with E-state index in [1.807, 2.05) is 23.5 Å². The second-order valence-electron chi connectivity index (χ2n) is 13.0. The minimum Gasteiger partial charge on any atom is -0.338 e. The molecular formula is C42H40N4S2+2. The maximum atomic E-state index is 2.45. The molecule has 2 aliphatic rings. The molecule has 0 aliphatic carbocycles. The highest BCUT2D eigenvalue weighted by Gasteiger charge is 2.26. The van der Waals surface area contributed by atoms with E-state index in [1.165, 1.54) is 86.7 Å². The number of fused-ring (bicyclic) bond motifs is 6. The Kier molecular flexibility index (Phi) is 7.81. The van der Waals surface area contributed by atoms with Gasteiger partial charge in [-0.3, -0.25) is 0 Å². The van der Waals surface area contributed by atoms with Crippen molar-refractivity contribution in [2.45, 2.75) is 50.6 Å². The summed E-state index contributed by atoms with van der Waals surface area (Å²) in [7, 11) is 4.38. The molecule has 0 bridgehead atoms. The van der Waals surface area contributed by atoms with Gasteiger partial charge in [0.1, 0.15) is 0 Å². The molecule has 4 aromatic carbocycles. The first-order valence-electron chi connectivity index (χ1n) is 16.6. The van der Waals surface area contributed by atoms with Gasteiger partial charge in [-0.2, -0.15) is 9.13 Å². The van der Waals surface area contributed by atoms with Crippen LogP contribution < -0.4 is 18.9 Å². The van der Waals surface area contributed by atoms with Crippen LogP contribution in [0.25, 0.3) is 33.7 Å². The number of pyridine rings is 2. The second-order valence-corrected chi connectivity index (χ2v) is 15.1. The van der Waals surface area contributed by atoms with Gasteiger partial charge in [0.2, 0.25) is 13.1 Å². The van der Waals surface area contributed by atoms with E-state index >= 15 is 0 Å². The molecule has 4 nitrogen and oxygen atoms in total. The Morgan fingerprint density at radius 2 is 0.896 bits per heavy atom. The molecule has 0 unspecified atom stereocenters. The highest BCUT2D eigenvalue weighted by molar-refractivity contribution is 8.04. The molecule has 48 heavy (non-hydrogen) atoms. The van der Waals surface area contributed by atoms with Crippen molar-refractivity contribution >= 4 is 68.6 Å². The lowest BCUT2D eigenvalue weighted by atomic mass is 10.1. The summed E-state index contributed by atoms with van der Waals surface area (Å²) < 4.78 is 4.90. The van der Waals surface area contributed by atoms with Crippen LogP contribution in [0.15, 0.2) is 117 Å². The van der Waals surface area contributed by atoms with E-state index in [9.17, 15) is 0 Å². The first-order valence-corrected chi connectivity index (χ1v) is 18.2. The summed E-state index contributed by atoms with van der Waals surface area (Å²) in [5.74, 6) is 0. The number of thioether (sulfide) groups is 2. The zero-order chi connectivity index (χ0) is 33.1. The van der Waals surface area contributed by atoms with Crippen molar-refractivity contribution in [1.29, 1.82) is 0 Å². The van der Waals surface area contributed by atoms with E-state index in [-0.39, 0.29) is 0 Å². The lowest BCUT2D eigenvalue weighted by Gasteiger charge is -2.16. The normalized spacial score (nSPS) is 15.7. The van der Waals surface area contributed by atoms with Gasteiger partial charge in [-0.25, -0.2) is 0 Å². The third kappa shape index (κ3) is 5.37. The third-order valence-corrected chi connectivity index (χ3v) is 12.1. The van der Waals surface area contributed by atoms with Crippen LogP contribution in [0.3, 0.4) is 0 Å². The summed E-state index contributed by atoms with van der Waals surface area (Å²) in [4.78, 5) is 7.33. The fourth-order valence-corrected chi connectivity index (χ4v) is 9.69. The van der Waals surface area contributed by atoms with Crippen LogP contribution >= 0.6 is 23.5 Å². The number of rotatable bonds is 5. The highest BCUT2D eigenvalue weighted by Crippen LogP contribution is 2.50. The van der Waals surface area contributed by atoms with E-state index in [1.54, 1.807) is 0 Å². The zero-order valence-corrected chi connectivity index (χ0v) is 30.0. The molecule has 0 radical (unpaired) electrons. The molecule has 6 heteroatoms. The summed E-state index contributed by atoms with van der Waals surface area (Å²) in [6.45, 7) is 10.8. The van der Waals surface area contributed by atoms with Crippen LogP contribution in [-0.4, -0.2) is 14.1 Å². The largest absolute Gasteiger partial charge is 0.338 e. The molecule has 0 N–H and O–H groups in total. The Hall–Kier alpha value is -4.52. The van der Waals surface area contributed by atoms with E-state index in [4.69, 9.17) is 0 Å². The lowest BCUT2D eigenvalue weighted by molar-refractivity contribution is -0.788. The van der Waals surface area contributed by atoms with Crippen molar-refractivity contribution in [1.82, 2.24) is 0 Å². The van der Waals surface area contributed by atoms with Gasteiger partial charge >= 0.3 is 0 Å². The SMILES string of the molecule is Cc1cc(C=C2Sc3ccc4ccccc4c3N2C)cc(C)[n+]1CC[n+]1c(C)cc(C=C2Sc3ccc4ccccc4c3N2C)cc1C. The monoisotopic (exact) mass is 664 g/mol. The van der Waals surface area contributed by atoms with Crippen molar-refractivity contribution < 1.29 is 9.13 Å². The van der Waals surface area contributed by atoms with Crippen molar-refractivity contribution in [2.75, 3.05) is 23.9 Å². The van der Waals surface area contributed by atoms with Crippen molar-refractivity contribution in [2.24, 2.45) is 0 Å². The lowest BCUT2D eigenvalue weighted by Crippen LogP contribution is -2.50. The quantitative estimate of drug-likeness (QED) is 0.170. The third-order valence-electron chi connectivity index (χ3n) is 9.82.